The molecule has 0 aliphatic carbocycles. The Hall–Kier alpha value is -1.85. The van der Waals surface area contributed by atoms with E-state index in [-0.39, 0.29) is 0 Å². The lowest BCUT2D eigenvalue weighted by molar-refractivity contribution is 0.120. The van der Waals surface area contributed by atoms with E-state index >= 15 is 0 Å². The van der Waals surface area contributed by atoms with Gasteiger partial charge in [0.25, 0.3) is 0 Å². The first kappa shape index (κ1) is 14.7. The molecule has 2 aromatic heterocycles. The maximum atomic E-state index is 5.65. The minimum atomic E-state index is 0.336. The van der Waals surface area contributed by atoms with Gasteiger partial charge < -0.3 is 15.0 Å². The molecule has 2 N–H and O–H groups in total. The fourth-order valence-electron chi connectivity index (χ4n) is 3.21. The summed E-state index contributed by atoms with van der Waals surface area (Å²) < 4.78 is 5.65. The van der Waals surface area contributed by atoms with Crippen molar-refractivity contribution in [2.45, 2.75) is 32.3 Å². The van der Waals surface area contributed by atoms with Crippen LogP contribution in [-0.2, 0) is 11.2 Å². The molecule has 1 aliphatic heterocycles. The van der Waals surface area contributed by atoms with Crippen LogP contribution in [-0.4, -0.2) is 29.2 Å². The molecule has 1 aromatic carbocycles. The third-order valence-electron chi connectivity index (χ3n) is 4.47. The first-order chi connectivity index (χ1) is 11.3. The molecule has 0 bridgehead atoms. The van der Waals surface area contributed by atoms with Crippen molar-refractivity contribution < 1.29 is 4.74 Å². The molecule has 0 spiro atoms. The number of thiazole rings is 1. The van der Waals surface area contributed by atoms with Crippen LogP contribution in [0.3, 0.4) is 0 Å². The fraction of sp³-hybridized carbons (Fsp3) is 0.389. The molecule has 23 heavy (non-hydrogen) atoms. The standard InChI is InChI=1S/C18H21N3OS/c1-2-12-5-3-7-14-15(10-19-17(12)14)16-11-23-18(21-16)20-9-13-6-4-8-22-13/h3,5,7,10-11,13,19H,2,4,6,8-9H2,1H3,(H,20,21)/t13-/m0/s1. The first-order valence-electron chi connectivity index (χ1n) is 8.25. The molecule has 1 saturated heterocycles. The highest BCUT2D eigenvalue weighted by atomic mass is 32.1. The molecule has 0 unspecified atom stereocenters. The molecule has 1 fully saturated rings. The highest BCUT2D eigenvalue weighted by Gasteiger charge is 2.16. The normalized spacial score (nSPS) is 17.9. The summed E-state index contributed by atoms with van der Waals surface area (Å²) in [5.41, 5.74) is 4.79. The summed E-state index contributed by atoms with van der Waals surface area (Å²) in [5, 5.41) is 7.76. The number of para-hydroxylation sites is 1. The summed E-state index contributed by atoms with van der Waals surface area (Å²) in [5.74, 6) is 0. The fourth-order valence-corrected chi connectivity index (χ4v) is 3.93. The molecule has 1 atom stereocenters. The zero-order chi connectivity index (χ0) is 15.6. The number of hydrogen-bond donors (Lipinski definition) is 2. The van der Waals surface area contributed by atoms with E-state index in [1.54, 1.807) is 11.3 Å². The van der Waals surface area contributed by atoms with Crippen LogP contribution >= 0.6 is 11.3 Å². The van der Waals surface area contributed by atoms with E-state index in [0.717, 1.165) is 36.8 Å². The predicted molar refractivity (Wildman–Crippen MR) is 96.2 cm³/mol. The smallest absolute Gasteiger partial charge is 0.183 e. The average molecular weight is 327 g/mol. The molecular formula is C18H21N3OS. The van der Waals surface area contributed by atoms with Gasteiger partial charge in [0.15, 0.2) is 5.13 Å². The molecule has 3 aromatic rings. The second kappa shape index (κ2) is 6.34. The van der Waals surface area contributed by atoms with Crippen LogP contribution in [0.1, 0.15) is 25.3 Å². The second-order valence-electron chi connectivity index (χ2n) is 5.95. The number of aromatic nitrogens is 2. The van der Waals surface area contributed by atoms with Gasteiger partial charge in [-0.25, -0.2) is 4.98 Å². The summed E-state index contributed by atoms with van der Waals surface area (Å²) in [4.78, 5) is 8.17. The van der Waals surface area contributed by atoms with Gasteiger partial charge in [-0.1, -0.05) is 25.1 Å². The van der Waals surface area contributed by atoms with Crippen LogP contribution in [0.4, 0.5) is 5.13 Å². The number of fused-ring (bicyclic) bond motifs is 1. The molecule has 4 nitrogen and oxygen atoms in total. The Morgan fingerprint density at radius 3 is 3.22 bits per heavy atom. The van der Waals surface area contributed by atoms with Crippen molar-refractivity contribution in [3.8, 4) is 11.3 Å². The quantitative estimate of drug-likeness (QED) is 0.728. The highest BCUT2D eigenvalue weighted by molar-refractivity contribution is 7.14. The third kappa shape index (κ3) is 2.86. The number of H-pyrrole nitrogens is 1. The lowest BCUT2D eigenvalue weighted by atomic mass is 10.1. The van der Waals surface area contributed by atoms with E-state index in [0.29, 0.717) is 6.10 Å². The average Bonchev–Trinajstić information content (AvgIpc) is 3.31. The van der Waals surface area contributed by atoms with Crippen molar-refractivity contribution in [2.75, 3.05) is 18.5 Å². The van der Waals surface area contributed by atoms with Gasteiger partial charge in [-0.2, -0.15) is 0 Å². The Bertz CT molecular complexity index is 802. The number of hydrogen-bond acceptors (Lipinski definition) is 4. The largest absolute Gasteiger partial charge is 0.376 e. The van der Waals surface area contributed by atoms with Gasteiger partial charge >= 0.3 is 0 Å². The summed E-state index contributed by atoms with van der Waals surface area (Å²) in [6, 6.07) is 6.47. The van der Waals surface area contributed by atoms with E-state index in [1.807, 2.05) is 0 Å². The summed E-state index contributed by atoms with van der Waals surface area (Å²) >= 11 is 1.66. The second-order valence-corrected chi connectivity index (χ2v) is 6.81. The Morgan fingerprint density at radius 1 is 1.43 bits per heavy atom. The van der Waals surface area contributed by atoms with Gasteiger partial charge in [-0.3, -0.25) is 0 Å². The Kier molecular flexibility index (Phi) is 4.06. The molecule has 0 radical (unpaired) electrons. The monoisotopic (exact) mass is 327 g/mol. The summed E-state index contributed by atoms with van der Waals surface area (Å²) in [7, 11) is 0. The van der Waals surface area contributed by atoms with Crippen LogP contribution < -0.4 is 5.32 Å². The summed E-state index contributed by atoms with van der Waals surface area (Å²) in [6.07, 6.45) is 5.76. The molecule has 4 rings (SSSR count). The highest BCUT2D eigenvalue weighted by Crippen LogP contribution is 2.32. The van der Waals surface area contributed by atoms with E-state index in [1.165, 1.54) is 28.5 Å². The molecule has 0 saturated carbocycles. The van der Waals surface area contributed by atoms with Crippen molar-refractivity contribution in [1.82, 2.24) is 9.97 Å². The van der Waals surface area contributed by atoms with E-state index in [9.17, 15) is 0 Å². The first-order valence-corrected chi connectivity index (χ1v) is 9.13. The number of aromatic amines is 1. The van der Waals surface area contributed by atoms with Crippen molar-refractivity contribution in [1.29, 1.82) is 0 Å². The zero-order valence-corrected chi connectivity index (χ0v) is 14.1. The van der Waals surface area contributed by atoms with Crippen molar-refractivity contribution in [3.63, 3.8) is 0 Å². The van der Waals surface area contributed by atoms with Gasteiger partial charge in [0.1, 0.15) is 0 Å². The number of nitrogens with one attached hydrogen (secondary N) is 2. The van der Waals surface area contributed by atoms with Crippen LogP contribution in [0.2, 0.25) is 0 Å². The molecule has 3 heterocycles. The SMILES string of the molecule is CCc1cccc2c(-c3csc(NC[C@@H]4CCCO4)n3)c[nH]c12. The molecular weight excluding hydrogens is 306 g/mol. The number of ether oxygens (including phenoxy) is 1. The number of nitrogens with zero attached hydrogens (tertiary/aromatic N) is 1. The van der Waals surface area contributed by atoms with Crippen molar-refractivity contribution in [2.24, 2.45) is 0 Å². The van der Waals surface area contributed by atoms with Crippen molar-refractivity contribution >= 4 is 27.4 Å². The predicted octanol–water partition coefficient (Wildman–Crippen LogP) is 4.44. The van der Waals surface area contributed by atoms with Gasteiger partial charge in [-0.05, 0) is 24.8 Å². The van der Waals surface area contributed by atoms with Gasteiger partial charge in [0.05, 0.1) is 11.8 Å². The van der Waals surface area contributed by atoms with Crippen LogP contribution in [0.15, 0.2) is 29.8 Å². The molecule has 5 heteroatoms. The number of rotatable bonds is 5. The van der Waals surface area contributed by atoms with Gasteiger partial charge in [-0.15, -0.1) is 11.3 Å². The maximum absolute atomic E-state index is 5.65. The van der Waals surface area contributed by atoms with Gasteiger partial charge in [0.2, 0.25) is 0 Å². The number of benzene rings is 1. The Labute approximate surface area is 139 Å². The summed E-state index contributed by atoms with van der Waals surface area (Å²) in [6.45, 7) is 3.93. The van der Waals surface area contributed by atoms with E-state index in [2.05, 4.69) is 47.0 Å². The molecule has 120 valence electrons. The zero-order valence-electron chi connectivity index (χ0n) is 13.3. The van der Waals surface area contributed by atoms with Crippen LogP contribution in [0.25, 0.3) is 22.2 Å². The number of anilines is 1. The van der Waals surface area contributed by atoms with Crippen molar-refractivity contribution in [3.05, 3.63) is 35.3 Å². The lowest BCUT2D eigenvalue weighted by Crippen LogP contribution is -2.18. The van der Waals surface area contributed by atoms with E-state index in [4.69, 9.17) is 9.72 Å². The molecule has 0 amide bonds. The lowest BCUT2D eigenvalue weighted by Gasteiger charge is -2.09. The third-order valence-corrected chi connectivity index (χ3v) is 5.27. The van der Waals surface area contributed by atoms with Crippen LogP contribution in [0.5, 0.6) is 0 Å². The Morgan fingerprint density at radius 2 is 2.39 bits per heavy atom. The van der Waals surface area contributed by atoms with Crippen LogP contribution in [0, 0.1) is 0 Å². The topological polar surface area (TPSA) is 49.9 Å². The Balaban J connectivity index is 1.56. The van der Waals surface area contributed by atoms with Gasteiger partial charge in [0, 0.05) is 41.2 Å². The maximum Gasteiger partial charge on any atom is 0.183 e. The minimum absolute atomic E-state index is 0.336. The number of aryl methyl sites for hydroxylation is 1. The van der Waals surface area contributed by atoms with E-state index < -0.39 is 0 Å². The minimum Gasteiger partial charge on any atom is -0.376 e. The molecule has 1 aliphatic rings.